The maximum Gasteiger partial charge on any atom is 0.237 e. The van der Waals surface area contributed by atoms with Crippen LogP contribution in [0, 0.1) is 6.92 Å². The van der Waals surface area contributed by atoms with Crippen molar-refractivity contribution in [3.05, 3.63) is 65.2 Å². The van der Waals surface area contributed by atoms with Gasteiger partial charge in [0.1, 0.15) is 0 Å². The van der Waals surface area contributed by atoms with Crippen LogP contribution in [-0.4, -0.2) is 55.5 Å². The molecule has 4 heteroatoms. The monoisotopic (exact) mass is 377 g/mol. The molecule has 0 N–H and O–H groups in total. The molecule has 1 unspecified atom stereocenters. The molecule has 4 rings (SSSR count). The van der Waals surface area contributed by atoms with Crippen molar-refractivity contribution in [3.8, 4) is 0 Å². The normalized spacial score (nSPS) is 19.9. The predicted octanol–water partition coefficient (Wildman–Crippen LogP) is 3.65. The van der Waals surface area contributed by atoms with Crippen molar-refractivity contribution >= 4 is 11.6 Å². The first kappa shape index (κ1) is 19.0. The second-order valence-electron chi connectivity index (χ2n) is 8.21. The standard InChI is InChI=1S/C24H31N3O/c1-19-7-5-10-21(17-19)27-15-13-26(14-16-27)18-24(28)25(2)23-12-6-9-20-8-3-4-11-22(20)23/h3-5,7-8,10-11,17,23H,6,9,12-16,18H2,1-2H3. The van der Waals surface area contributed by atoms with Crippen molar-refractivity contribution in [2.75, 3.05) is 44.7 Å². The van der Waals surface area contributed by atoms with Gasteiger partial charge in [0.25, 0.3) is 0 Å². The van der Waals surface area contributed by atoms with Crippen LogP contribution in [0.4, 0.5) is 5.69 Å². The average molecular weight is 378 g/mol. The number of hydrogen-bond acceptors (Lipinski definition) is 3. The molecule has 1 aliphatic carbocycles. The fourth-order valence-corrected chi connectivity index (χ4v) is 4.60. The molecule has 0 aromatic heterocycles. The zero-order valence-corrected chi connectivity index (χ0v) is 17.1. The summed E-state index contributed by atoms with van der Waals surface area (Å²) in [5.74, 6) is 0.241. The molecule has 0 radical (unpaired) electrons. The van der Waals surface area contributed by atoms with E-state index in [9.17, 15) is 4.79 Å². The van der Waals surface area contributed by atoms with E-state index in [0.717, 1.165) is 45.4 Å². The first-order chi connectivity index (χ1) is 13.6. The van der Waals surface area contributed by atoms with Gasteiger partial charge in [-0.1, -0.05) is 36.4 Å². The van der Waals surface area contributed by atoms with Gasteiger partial charge in [-0.25, -0.2) is 0 Å². The molecule has 148 valence electrons. The fraction of sp³-hybridized carbons (Fsp3) is 0.458. The molecule has 2 aromatic rings. The Hall–Kier alpha value is -2.33. The van der Waals surface area contributed by atoms with Crippen molar-refractivity contribution in [2.45, 2.75) is 32.2 Å². The molecular formula is C24H31N3O. The number of benzene rings is 2. The Morgan fingerprint density at radius 3 is 2.64 bits per heavy atom. The second-order valence-corrected chi connectivity index (χ2v) is 8.21. The summed E-state index contributed by atoms with van der Waals surface area (Å²) in [7, 11) is 1.98. The molecule has 1 heterocycles. The van der Waals surface area contributed by atoms with Gasteiger partial charge in [0.2, 0.25) is 5.91 Å². The van der Waals surface area contributed by atoms with Gasteiger partial charge in [0, 0.05) is 38.9 Å². The van der Waals surface area contributed by atoms with Crippen LogP contribution < -0.4 is 4.90 Å². The molecule has 1 fully saturated rings. The molecular weight excluding hydrogens is 346 g/mol. The van der Waals surface area contributed by atoms with E-state index in [4.69, 9.17) is 0 Å². The Morgan fingerprint density at radius 1 is 1.07 bits per heavy atom. The van der Waals surface area contributed by atoms with E-state index in [1.165, 1.54) is 22.4 Å². The highest BCUT2D eigenvalue weighted by atomic mass is 16.2. The van der Waals surface area contributed by atoms with Crippen LogP contribution in [0.5, 0.6) is 0 Å². The van der Waals surface area contributed by atoms with Gasteiger partial charge in [-0.2, -0.15) is 0 Å². The quantitative estimate of drug-likeness (QED) is 0.814. The zero-order valence-electron chi connectivity index (χ0n) is 17.1. The lowest BCUT2D eigenvalue weighted by atomic mass is 9.87. The van der Waals surface area contributed by atoms with Crippen LogP contribution in [0.2, 0.25) is 0 Å². The third kappa shape index (κ3) is 4.07. The maximum absolute atomic E-state index is 13.0. The fourth-order valence-electron chi connectivity index (χ4n) is 4.60. The highest BCUT2D eigenvalue weighted by molar-refractivity contribution is 5.78. The minimum absolute atomic E-state index is 0.228. The van der Waals surface area contributed by atoms with E-state index < -0.39 is 0 Å². The number of carbonyl (C=O) groups excluding carboxylic acids is 1. The summed E-state index contributed by atoms with van der Waals surface area (Å²) < 4.78 is 0. The van der Waals surface area contributed by atoms with Gasteiger partial charge < -0.3 is 9.80 Å². The molecule has 1 atom stereocenters. The summed E-state index contributed by atoms with van der Waals surface area (Å²) in [6, 6.07) is 17.5. The maximum atomic E-state index is 13.0. The van der Waals surface area contributed by atoms with Gasteiger partial charge in [0.15, 0.2) is 0 Å². The number of carbonyl (C=O) groups is 1. The van der Waals surface area contributed by atoms with Crippen LogP contribution >= 0.6 is 0 Å². The van der Waals surface area contributed by atoms with Crippen molar-refractivity contribution in [3.63, 3.8) is 0 Å². The molecule has 2 aliphatic rings. The number of rotatable bonds is 4. The number of nitrogens with zero attached hydrogens (tertiary/aromatic N) is 3. The van der Waals surface area contributed by atoms with E-state index >= 15 is 0 Å². The van der Waals surface area contributed by atoms with E-state index in [0.29, 0.717) is 6.54 Å². The van der Waals surface area contributed by atoms with Gasteiger partial charge in [-0.3, -0.25) is 9.69 Å². The minimum Gasteiger partial charge on any atom is -0.369 e. The molecule has 0 bridgehead atoms. The second kappa shape index (κ2) is 8.36. The van der Waals surface area contributed by atoms with Crippen LogP contribution in [-0.2, 0) is 11.2 Å². The van der Waals surface area contributed by atoms with Crippen molar-refractivity contribution in [2.24, 2.45) is 0 Å². The molecule has 1 saturated heterocycles. The Balaban J connectivity index is 1.34. The Labute approximate surface area is 168 Å². The number of aryl methyl sites for hydroxylation is 2. The Kier molecular flexibility index (Phi) is 5.67. The molecule has 28 heavy (non-hydrogen) atoms. The summed E-state index contributed by atoms with van der Waals surface area (Å²) in [6.45, 7) is 6.50. The summed E-state index contributed by atoms with van der Waals surface area (Å²) in [4.78, 5) is 19.7. The van der Waals surface area contributed by atoms with Crippen molar-refractivity contribution in [1.29, 1.82) is 0 Å². The highest BCUT2D eigenvalue weighted by Crippen LogP contribution is 2.33. The van der Waals surface area contributed by atoms with E-state index in [-0.39, 0.29) is 11.9 Å². The molecule has 0 saturated carbocycles. The molecule has 1 amide bonds. The number of likely N-dealkylation sites (N-methyl/N-ethyl adjacent to an activating group) is 1. The third-order valence-electron chi connectivity index (χ3n) is 6.30. The van der Waals surface area contributed by atoms with Crippen LogP contribution in [0.15, 0.2) is 48.5 Å². The van der Waals surface area contributed by atoms with Crippen LogP contribution in [0.25, 0.3) is 0 Å². The molecule has 2 aromatic carbocycles. The largest absolute Gasteiger partial charge is 0.369 e. The topological polar surface area (TPSA) is 26.8 Å². The molecule has 1 aliphatic heterocycles. The highest BCUT2D eigenvalue weighted by Gasteiger charge is 2.28. The lowest BCUT2D eigenvalue weighted by Crippen LogP contribution is -2.50. The van der Waals surface area contributed by atoms with E-state index in [1.54, 1.807) is 0 Å². The third-order valence-corrected chi connectivity index (χ3v) is 6.30. The molecule has 0 spiro atoms. The van der Waals surface area contributed by atoms with Gasteiger partial charge in [-0.05, 0) is 55.0 Å². The van der Waals surface area contributed by atoms with Gasteiger partial charge in [0.05, 0.1) is 12.6 Å². The number of hydrogen-bond donors (Lipinski definition) is 0. The van der Waals surface area contributed by atoms with E-state index in [1.807, 2.05) is 11.9 Å². The van der Waals surface area contributed by atoms with Crippen molar-refractivity contribution in [1.82, 2.24) is 9.80 Å². The number of anilines is 1. The first-order valence-corrected chi connectivity index (χ1v) is 10.5. The lowest BCUT2D eigenvalue weighted by Gasteiger charge is -2.38. The number of piperazine rings is 1. The van der Waals surface area contributed by atoms with Gasteiger partial charge in [-0.15, -0.1) is 0 Å². The SMILES string of the molecule is Cc1cccc(N2CCN(CC(=O)N(C)C3CCCc4ccccc43)CC2)c1. The minimum atomic E-state index is 0.228. The summed E-state index contributed by atoms with van der Waals surface area (Å²) >= 11 is 0. The predicted molar refractivity (Wildman–Crippen MR) is 115 cm³/mol. The molecule has 4 nitrogen and oxygen atoms in total. The first-order valence-electron chi connectivity index (χ1n) is 10.5. The summed E-state index contributed by atoms with van der Waals surface area (Å²) in [5.41, 5.74) is 5.34. The summed E-state index contributed by atoms with van der Waals surface area (Å²) in [6.07, 6.45) is 3.37. The summed E-state index contributed by atoms with van der Waals surface area (Å²) in [5, 5.41) is 0. The number of amides is 1. The smallest absolute Gasteiger partial charge is 0.237 e. The lowest BCUT2D eigenvalue weighted by molar-refractivity contribution is -0.133. The van der Waals surface area contributed by atoms with E-state index in [2.05, 4.69) is 65.3 Å². The Morgan fingerprint density at radius 2 is 1.86 bits per heavy atom. The Bertz CT molecular complexity index is 826. The number of fused-ring (bicyclic) bond motifs is 1. The average Bonchev–Trinajstić information content (AvgIpc) is 2.73. The van der Waals surface area contributed by atoms with Gasteiger partial charge >= 0.3 is 0 Å². The zero-order chi connectivity index (χ0) is 19.5. The van der Waals surface area contributed by atoms with Crippen molar-refractivity contribution < 1.29 is 4.79 Å². The van der Waals surface area contributed by atoms with Crippen LogP contribution in [0.3, 0.4) is 0 Å². The van der Waals surface area contributed by atoms with Crippen LogP contribution in [0.1, 0.15) is 35.6 Å².